The van der Waals surface area contributed by atoms with Crippen molar-refractivity contribution in [3.8, 4) is 0 Å². The van der Waals surface area contributed by atoms with Crippen LogP contribution >= 0.6 is 39.1 Å². The summed E-state index contributed by atoms with van der Waals surface area (Å²) in [4.78, 5) is 12.5. The van der Waals surface area contributed by atoms with E-state index in [1.54, 1.807) is 37.3 Å². The quantitative estimate of drug-likeness (QED) is 0.546. The van der Waals surface area contributed by atoms with Crippen LogP contribution in [-0.4, -0.2) is 14.2 Å². The van der Waals surface area contributed by atoms with Crippen molar-refractivity contribution in [2.24, 2.45) is 0 Å². The Morgan fingerprint density at radius 3 is 2.35 bits per heavy atom. The second kappa shape index (κ2) is 7.77. The van der Waals surface area contributed by atoms with E-state index in [1.807, 2.05) is 0 Å². The Balaban J connectivity index is 2.39. The average Bonchev–Trinajstić information content (AvgIpc) is 2.48. The van der Waals surface area contributed by atoms with Crippen LogP contribution in [0.3, 0.4) is 0 Å². The standard InChI is InChI=1S/C15H12BrCl2NO3S/c1-8(19-23(21)22)11-6-13(16)12(7-14(11)18)15(20)9-2-4-10(17)5-3-9/h2-8,23H,1H3,(H,19,21,22). The van der Waals surface area contributed by atoms with E-state index in [4.69, 9.17) is 23.2 Å². The predicted molar refractivity (Wildman–Crippen MR) is 95.9 cm³/mol. The minimum absolute atomic E-state index is 0.211. The van der Waals surface area contributed by atoms with E-state index in [1.165, 1.54) is 6.07 Å². The maximum absolute atomic E-state index is 12.5. The molecule has 23 heavy (non-hydrogen) atoms. The molecule has 4 nitrogen and oxygen atoms in total. The first kappa shape index (κ1) is 18.4. The molecule has 0 aromatic heterocycles. The van der Waals surface area contributed by atoms with Gasteiger partial charge in [0.25, 0.3) is 0 Å². The molecular formula is C15H12BrCl2NO3S. The first-order valence-corrected chi connectivity index (χ1v) is 9.22. The first-order valence-electron chi connectivity index (χ1n) is 6.49. The van der Waals surface area contributed by atoms with Crippen LogP contribution in [0.5, 0.6) is 0 Å². The average molecular weight is 437 g/mol. The molecular weight excluding hydrogens is 425 g/mol. The van der Waals surface area contributed by atoms with E-state index >= 15 is 0 Å². The summed E-state index contributed by atoms with van der Waals surface area (Å²) in [6.45, 7) is 1.67. The van der Waals surface area contributed by atoms with E-state index in [-0.39, 0.29) is 5.78 Å². The van der Waals surface area contributed by atoms with Crippen LogP contribution in [-0.2, 0) is 10.9 Å². The SMILES string of the molecule is CC(N[SH](=O)=O)c1cc(Br)c(C(=O)c2ccc(Cl)cc2)cc1Cl. The number of nitrogens with one attached hydrogen (secondary N) is 1. The summed E-state index contributed by atoms with van der Waals surface area (Å²) in [5.41, 5.74) is 1.44. The molecule has 0 amide bonds. The van der Waals surface area contributed by atoms with Gasteiger partial charge in [-0.1, -0.05) is 39.1 Å². The molecule has 0 bridgehead atoms. The number of benzene rings is 2. The van der Waals surface area contributed by atoms with E-state index in [0.717, 1.165) is 0 Å². The fourth-order valence-electron chi connectivity index (χ4n) is 2.05. The topological polar surface area (TPSA) is 63.2 Å². The molecule has 122 valence electrons. The van der Waals surface area contributed by atoms with Crippen molar-refractivity contribution in [3.63, 3.8) is 0 Å². The van der Waals surface area contributed by atoms with Crippen LogP contribution in [0, 0.1) is 0 Å². The second-order valence-corrected chi connectivity index (χ2v) is 7.27. The van der Waals surface area contributed by atoms with Crippen molar-refractivity contribution in [3.05, 3.63) is 67.6 Å². The summed E-state index contributed by atoms with van der Waals surface area (Å²) in [6, 6.07) is 9.19. The minimum Gasteiger partial charge on any atom is -0.289 e. The van der Waals surface area contributed by atoms with Crippen molar-refractivity contribution < 1.29 is 13.2 Å². The Bertz CT molecular complexity index is 814. The van der Waals surface area contributed by atoms with Crippen LogP contribution in [0.2, 0.25) is 10.0 Å². The van der Waals surface area contributed by atoms with Gasteiger partial charge in [-0.15, -0.1) is 0 Å². The van der Waals surface area contributed by atoms with Gasteiger partial charge in [0.1, 0.15) is 0 Å². The van der Waals surface area contributed by atoms with E-state index < -0.39 is 16.9 Å². The van der Waals surface area contributed by atoms with Gasteiger partial charge in [0.2, 0.25) is 10.9 Å². The van der Waals surface area contributed by atoms with Gasteiger partial charge in [0.05, 0.1) is 0 Å². The zero-order valence-electron chi connectivity index (χ0n) is 11.8. The lowest BCUT2D eigenvalue weighted by atomic mass is 10.0. The molecule has 0 saturated carbocycles. The minimum atomic E-state index is -2.75. The highest BCUT2D eigenvalue weighted by molar-refractivity contribution is 9.10. The highest BCUT2D eigenvalue weighted by Crippen LogP contribution is 2.31. The molecule has 1 N–H and O–H groups in total. The summed E-state index contributed by atoms with van der Waals surface area (Å²) in [7, 11) is -2.75. The van der Waals surface area contributed by atoms with Crippen LogP contribution in [0.25, 0.3) is 0 Å². The lowest BCUT2D eigenvalue weighted by Gasteiger charge is -2.14. The predicted octanol–water partition coefficient (Wildman–Crippen LogP) is 4.16. The van der Waals surface area contributed by atoms with Crippen molar-refractivity contribution in [1.82, 2.24) is 4.72 Å². The molecule has 0 aliphatic heterocycles. The molecule has 0 radical (unpaired) electrons. The van der Waals surface area contributed by atoms with Crippen LogP contribution in [0.15, 0.2) is 40.9 Å². The maximum Gasteiger partial charge on any atom is 0.201 e. The van der Waals surface area contributed by atoms with Crippen LogP contribution in [0.4, 0.5) is 0 Å². The third-order valence-electron chi connectivity index (χ3n) is 3.20. The second-order valence-electron chi connectivity index (χ2n) is 4.80. The number of thiol groups is 1. The van der Waals surface area contributed by atoms with Crippen molar-refractivity contribution in [1.29, 1.82) is 0 Å². The Labute approximate surface area is 154 Å². The van der Waals surface area contributed by atoms with Gasteiger partial charge in [-0.3, -0.25) is 4.79 Å². The molecule has 0 aliphatic carbocycles. The summed E-state index contributed by atoms with van der Waals surface area (Å²) < 4.78 is 24.4. The van der Waals surface area contributed by atoms with E-state index in [2.05, 4.69) is 20.7 Å². The molecule has 0 heterocycles. The Morgan fingerprint density at radius 2 is 1.78 bits per heavy atom. The van der Waals surface area contributed by atoms with Crippen molar-refractivity contribution >= 4 is 55.8 Å². The summed E-state index contributed by atoms with van der Waals surface area (Å²) >= 11 is 15.4. The van der Waals surface area contributed by atoms with Gasteiger partial charge in [-0.25, -0.2) is 13.1 Å². The number of rotatable bonds is 5. The van der Waals surface area contributed by atoms with Gasteiger partial charge in [0, 0.05) is 31.7 Å². The number of hydrogen-bond donors (Lipinski definition) is 2. The van der Waals surface area contributed by atoms with Gasteiger partial charge in [-0.05, 0) is 48.9 Å². The smallest absolute Gasteiger partial charge is 0.201 e. The molecule has 8 heteroatoms. The molecule has 0 fully saturated rings. The molecule has 0 spiro atoms. The zero-order valence-corrected chi connectivity index (χ0v) is 15.8. The maximum atomic E-state index is 12.5. The molecule has 2 rings (SSSR count). The third-order valence-corrected chi connectivity index (χ3v) is 5.04. The molecule has 1 unspecified atom stereocenters. The fourth-order valence-corrected chi connectivity index (χ4v) is 3.50. The van der Waals surface area contributed by atoms with Crippen molar-refractivity contribution in [2.45, 2.75) is 13.0 Å². The number of hydrogen-bond acceptors (Lipinski definition) is 3. The Hall–Kier alpha value is -0.920. The monoisotopic (exact) mass is 435 g/mol. The molecule has 1 atom stereocenters. The summed E-state index contributed by atoms with van der Waals surface area (Å²) in [6.07, 6.45) is 0. The van der Waals surface area contributed by atoms with E-state index in [9.17, 15) is 13.2 Å². The first-order chi connectivity index (χ1) is 10.8. The zero-order chi connectivity index (χ0) is 17.1. The highest BCUT2D eigenvalue weighted by Gasteiger charge is 2.18. The number of ketones is 1. The lowest BCUT2D eigenvalue weighted by molar-refractivity contribution is 0.103. The summed E-state index contributed by atoms with van der Waals surface area (Å²) in [5.74, 6) is -0.211. The van der Waals surface area contributed by atoms with Crippen molar-refractivity contribution in [2.75, 3.05) is 0 Å². The normalized spacial score (nSPS) is 12.4. The number of carbonyl (C=O) groups is 1. The molecule has 0 saturated heterocycles. The number of carbonyl (C=O) groups excluding carboxylic acids is 1. The molecule has 2 aromatic carbocycles. The fraction of sp³-hybridized carbons (Fsp3) is 0.133. The van der Waals surface area contributed by atoms with E-state index in [0.29, 0.717) is 31.2 Å². The van der Waals surface area contributed by atoms with Gasteiger partial charge in [0.15, 0.2) is 5.78 Å². The highest BCUT2D eigenvalue weighted by atomic mass is 79.9. The summed E-state index contributed by atoms with van der Waals surface area (Å²) in [5, 5.41) is 0.850. The Morgan fingerprint density at radius 1 is 1.17 bits per heavy atom. The van der Waals surface area contributed by atoms with Gasteiger partial charge < -0.3 is 0 Å². The van der Waals surface area contributed by atoms with Gasteiger partial charge in [-0.2, -0.15) is 0 Å². The van der Waals surface area contributed by atoms with Gasteiger partial charge >= 0.3 is 0 Å². The molecule has 0 aliphatic rings. The van der Waals surface area contributed by atoms with Crippen LogP contribution < -0.4 is 4.72 Å². The van der Waals surface area contributed by atoms with Crippen LogP contribution in [0.1, 0.15) is 34.5 Å². The Kier molecular flexibility index (Phi) is 6.22. The third kappa shape index (κ3) is 4.55. The number of halogens is 3. The lowest BCUT2D eigenvalue weighted by Crippen LogP contribution is -2.17. The largest absolute Gasteiger partial charge is 0.289 e. The molecule has 2 aromatic rings.